The minimum absolute atomic E-state index is 0.0142. The van der Waals surface area contributed by atoms with Crippen LogP contribution in [0, 0.1) is 15.9 Å². The minimum Gasteiger partial charge on any atom is -0.347 e. The minimum atomic E-state index is -0.488. The van der Waals surface area contributed by atoms with E-state index in [-0.39, 0.29) is 23.2 Å². The summed E-state index contributed by atoms with van der Waals surface area (Å²) in [7, 11) is 0. The van der Waals surface area contributed by atoms with Crippen LogP contribution in [0.3, 0.4) is 0 Å². The Kier molecular flexibility index (Phi) is 4.46. The van der Waals surface area contributed by atoms with Gasteiger partial charge in [0.25, 0.3) is 11.6 Å². The molecule has 0 saturated carbocycles. The van der Waals surface area contributed by atoms with Gasteiger partial charge in [-0.2, -0.15) is 0 Å². The third-order valence-corrected chi connectivity index (χ3v) is 5.05. The maximum atomic E-state index is 13.3. The predicted octanol–water partition coefficient (Wildman–Crippen LogP) is 4.53. The number of nitrogens with zero attached hydrogens (tertiary/aromatic N) is 1. The van der Waals surface area contributed by atoms with Crippen molar-refractivity contribution in [2.75, 3.05) is 0 Å². The van der Waals surface area contributed by atoms with Gasteiger partial charge in [-0.3, -0.25) is 14.9 Å². The van der Waals surface area contributed by atoms with Crippen molar-refractivity contribution in [1.29, 1.82) is 0 Å². The second-order valence-electron chi connectivity index (χ2n) is 4.99. The van der Waals surface area contributed by atoms with E-state index in [1.807, 2.05) is 0 Å². The second kappa shape index (κ2) is 6.54. The predicted molar refractivity (Wildman–Crippen MR) is 91.1 cm³/mol. The highest BCUT2D eigenvalue weighted by Crippen LogP contribution is 2.35. The van der Waals surface area contributed by atoms with Crippen LogP contribution in [-0.4, -0.2) is 10.8 Å². The smallest absolute Gasteiger partial charge is 0.269 e. The maximum absolute atomic E-state index is 13.3. The van der Waals surface area contributed by atoms with Crippen LogP contribution in [0.2, 0.25) is 5.02 Å². The average Bonchev–Trinajstić information content (AvgIpc) is 2.89. The molecule has 24 heavy (non-hydrogen) atoms. The quantitative estimate of drug-likeness (QED) is 0.546. The Balaban J connectivity index is 1.75. The van der Waals surface area contributed by atoms with Crippen LogP contribution in [-0.2, 0) is 6.54 Å². The highest BCUT2D eigenvalue weighted by atomic mass is 35.5. The lowest BCUT2D eigenvalue weighted by Crippen LogP contribution is -2.22. The van der Waals surface area contributed by atoms with Crippen LogP contribution >= 0.6 is 22.9 Å². The molecule has 1 amide bonds. The molecule has 0 fully saturated rings. The molecule has 5 nitrogen and oxygen atoms in total. The van der Waals surface area contributed by atoms with E-state index in [1.165, 1.54) is 30.3 Å². The zero-order chi connectivity index (χ0) is 17.3. The fourth-order valence-corrected chi connectivity index (χ4v) is 3.64. The Bertz CT molecular complexity index is 940. The van der Waals surface area contributed by atoms with Crippen molar-refractivity contribution < 1.29 is 14.1 Å². The number of amides is 1. The third kappa shape index (κ3) is 3.22. The van der Waals surface area contributed by atoms with E-state index in [4.69, 9.17) is 11.6 Å². The number of thiophene rings is 1. The van der Waals surface area contributed by atoms with Gasteiger partial charge in [0, 0.05) is 28.8 Å². The van der Waals surface area contributed by atoms with E-state index in [9.17, 15) is 19.3 Å². The van der Waals surface area contributed by atoms with E-state index in [1.54, 1.807) is 12.1 Å². The van der Waals surface area contributed by atoms with Crippen LogP contribution < -0.4 is 5.32 Å². The van der Waals surface area contributed by atoms with Gasteiger partial charge in [-0.25, -0.2) is 4.39 Å². The molecule has 1 N–H and O–H groups in total. The van der Waals surface area contributed by atoms with Gasteiger partial charge in [-0.15, -0.1) is 11.3 Å². The largest absolute Gasteiger partial charge is 0.347 e. The van der Waals surface area contributed by atoms with E-state index in [0.717, 1.165) is 16.9 Å². The van der Waals surface area contributed by atoms with Crippen molar-refractivity contribution in [2.24, 2.45) is 0 Å². The van der Waals surface area contributed by atoms with Crippen molar-refractivity contribution in [2.45, 2.75) is 6.54 Å². The first-order valence-electron chi connectivity index (χ1n) is 6.85. The number of carbonyl (C=O) groups is 1. The van der Waals surface area contributed by atoms with Gasteiger partial charge >= 0.3 is 0 Å². The molecule has 0 saturated heterocycles. The zero-order valence-corrected chi connectivity index (χ0v) is 13.7. The lowest BCUT2D eigenvalue weighted by molar-refractivity contribution is -0.384. The molecule has 3 rings (SSSR count). The van der Waals surface area contributed by atoms with Crippen LogP contribution in [0.15, 0.2) is 42.5 Å². The third-order valence-electron chi connectivity index (χ3n) is 3.40. The Morgan fingerprint density at radius 3 is 2.62 bits per heavy atom. The topological polar surface area (TPSA) is 72.2 Å². The fourth-order valence-electron chi connectivity index (χ4n) is 2.18. The molecule has 2 aromatic carbocycles. The normalized spacial score (nSPS) is 10.8. The van der Waals surface area contributed by atoms with E-state index in [0.29, 0.717) is 15.0 Å². The number of benzene rings is 2. The molecular formula is C16H10ClFN2O3S. The number of nitro benzene ring substituents is 1. The van der Waals surface area contributed by atoms with Crippen molar-refractivity contribution in [1.82, 2.24) is 5.32 Å². The fraction of sp³-hybridized carbons (Fsp3) is 0.0625. The summed E-state index contributed by atoms with van der Waals surface area (Å²) in [5.74, 6) is -0.766. The number of fused-ring (bicyclic) bond motifs is 1. The van der Waals surface area contributed by atoms with Crippen molar-refractivity contribution in [3.8, 4) is 0 Å². The molecule has 122 valence electrons. The monoisotopic (exact) mass is 364 g/mol. The summed E-state index contributed by atoms with van der Waals surface area (Å²) in [5.41, 5.74) is 0.705. The molecule has 0 aliphatic heterocycles. The molecular weight excluding hydrogens is 355 g/mol. The summed E-state index contributed by atoms with van der Waals surface area (Å²) in [6, 6.07) is 10.0. The Morgan fingerprint density at radius 1 is 1.25 bits per heavy atom. The number of carbonyl (C=O) groups excluding carboxylic acids is 1. The van der Waals surface area contributed by atoms with Crippen LogP contribution in [0.1, 0.15) is 15.2 Å². The molecule has 0 spiro atoms. The molecule has 0 aliphatic rings. The molecule has 0 bridgehead atoms. The molecule has 1 aromatic heterocycles. The van der Waals surface area contributed by atoms with Gasteiger partial charge in [0.1, 0.15) is 10.7 Å². The summed E-state index contributed by atoms with van der Waals surface area (Å²) < 4.78 is 13.9. The van der Waals surface area contributed by atoms with Crippen LogP contribution in [0.25, 0.3) is 10.1 Å². The number of hydrogen-bond donors (Lipinski definition) is 1. The number of non-ortho nitro benzene ring substituents is 1. The van der Waals surface area contributed by atoms with Crippen LogP contribution in [0.4, 0.5) is 10.1 Å². The lowest BCUT2D eigenvalue weighted by atomic mass is 10.2. The summed E-state index contributed by atoms with van der Waals surface area (Å²) in [6.07, 6.45) is 0. The van der Waals surface area contributed by atoms with Gasteiger partial charge in [0.05, 0.1) is 9.95 Å². The second-order valence-corrected chi connectivity index (χ2v) is 6.42. The molecule has 0 unspecified atom stereocenters. The van der Waals surface area contributed by atoms with E-state index in [2.05, 4.69) is 5.32 Å². The first kappa shape index (κ1) is 16.4. The summed E-state index contributed by atoms with van der Waals surface area (Å²) in [4.78, 5) is 22.7. The van der Waals surface area contributed by atoms with Crippen molar-refractivity contribution in [3.05, 3.63) is 73.9 Å². The molecule has 0 radical (unpaired) electrons. The highest BCUT2D eigenvalue weighted by Gasteiger charge is 2.17. The highest BCUT2D eigenvalue weighted by molar-refractivity contribution is 7.21. The number of nitro groups is 1. The standard InChI is InChI=1S/C16H10ClFN2O3S/c17-14-12-6-3-10(18)7-13(12)24-15(14)16(21)19-8-9-1-4-11(5-2-9)20(22)23/h1-7H,8H2,(H,19,21). The molecule has 3 aromatic rings. The first-order valence-corrected chi connectivity index (χ1v) is 8.04. The number of nitrogens with one attached hydrogen (secondary N) is 1. The molecule has 0 atom stereocenters. The summed E-state index contributed by atoms with van der Waals surface area (Å²) in [5, 5.41) is 14.2. The van der Waals surface area contributed by atoms with Gasteiger partial charge in [0.2, 0.25) is 0 Å². The maximum Gasteiger partial charge on any atom is 0.269 e. The molecule has 8 heteroatoms. The first-order chi connectivity index (χ1) is 11.5. The Hall–Kier alpha value is -2.51. The van der Waals surface area contributed by atoms with Gasteiger partial charge in [-0.05, 0) is 23.8 Å². The Morgan fingerprint density at radius 2 is 1.96 bits per heavy atom. The van der Waals surface area contributed by atoms with E-state index < -0.39 is 10.7 Å². The Labute approximate surface area is 144 Å². The summed E-state index contributed by atoms with van der Waals surface area (Å²) in [6.45, 7) is 0.204. The van der Waals surface area contributed by atoms with Gasteiger partial charge in [-0.1, -0.05) is 23.7 Å². The number of hydrogen-bond acceptors (Lipinski definition) is 4. The van der Waals surface area contributed by atoms with Crippen molar-refractivity contribution >= 4 is 44.6 Å². The zero-order valence-electron chi connectivity index (χ0n) is 12.1. The van der Waals surface area contributed by atoms with E-state index >= 15 is 0 Å². The lowest BCUT2D eigenvalue weighted by Gasteiger charge is -2.04. The van der Waals surface area contributed by atoms with Gasteiger partial charge in [0.15, 0.2) is 0 Å². The van der Waals surface area contributed by atoms with Crippen molar-refractivity contribution in [3.63, 3.8) is 0 Å². The SMILES string of the molecule is O=C(NCc1ccc([N+](=O)[O-])cc1)c1sc2cc(F)ccc2c1Cl. The van der Waals surface area contributed by atoms with Crippen LogP contribution in [0.5, 0.6) is 0 Å². The number of rotatable bonds is 4. The molecule has 1 heterocycles. The number of halogens is 2. The van der Waals surface area contributed by atoms with Gasteiger partial charge < -0.3 is 5.32 Å². The average molecular weight is 365 g/mol. The summed E-state index contributed by atoms with van der Waals surface area (Å²) >= 11 is 7.31. The molecule has 0 aliphatic carbocycles.